The third kappa shape index (κ3) is 2.49. The molecular formula is C7H10N6S. The first-order chi connectivity index (χ1) is 6.95. The Labute approximate surface area is 85.0 Å². The summed E-state index contributed by atoms with van der Waals surface area (Å²) >= 11 is 1.50. The lowest BCUT2D eigenvalue weighted by molar-refractivity contribution is 0.569. The molecule has 2 aromatic rings. The Morgan fingerprint density at radius 2 is 2.43 bits per heavy atom. The Morgan fingerprint density at radius 3 is 3.14 bits per heavy atom. The van der Waals surface area contributed by atoms with Crippen LogP contribution in [0.2, 0.25) is 0 Å². The van der Waals surface area contributed by atoms with Gasteiger partial charge < -0.3 is 5.32 Å². The van der Waals surface area contributed by atoms with E-state index in [2.05, 4.69) is 25.8 Å². The summed E-state index contributed by atoms with van der Waals surface area (Å²) in [5, 5.41) is 19.2. The van der Waals surface area contributed by atoms with Gasteiger partial charge >= 0.3 is 0 Å². The van der Waals surface area contributed by atoms with Gasteiger partial charge in [0, 0.05) is 19.3 Å². The fourth-order valence-electron chi connectivity index (χ4n) is 1.04. The average molecular weight is 210 g/mol. The van der Waals surface area contributed by atoms with Gasteiger partial charge in [0.05, 0.1) is 6.20 Å². The standard InChI is InChI=1S/C7H10N6S/c1(4-13-5-3-9-12-13)2-8-7-11-10-6-14-7/h3,5-6H,1-2,4H2,(H,8,11). The molecule has 0 saturated carbocycles. The van der Waals surface area contributed by atoms with Crippen molar-refractivity contribution in [1.82, 2.24) is 25.2 Å². The Kier molecular flexibility index (Phi) is 3.02. The van der Waals surface area contributed by atoms with Crippen LogP contribution in [-0.2, 0) is 6.54 Å². The highest BCUT2D eigenvalue weighted by atomic mass is 32.1. The van der Waals surface area contributed by atoms with Crippen molar-refractivity contribution >= 4 is 16.5 Å². The van der Waals surface area contributed by atoms with E-state index in [4.69, 9.17) is 0 Å². The van der Waals surface area contributed by atoms with Gasteiger partial charge in [0.15, 0.2) is 0 Å². The second-order valence-electron chi connectivity index (χ2n) is 2.69. The number of aromatic nitrogens is 5. The van der Waals surface area contributed by atoms with Crippen LogP contribution in [0.15, 0.2) is 17.9 Å². The molecule has 0 aliphatic rings. The molecule has 0 bridgehead atoms. The van der Waals surface area contributed by atoms with Gasteiger partial charge in [-0.3, -0.25) is 4.68 Å². The number of nitrogens with one attached hydrogen (secondary N) is 1. The van der Waals surface area contributed by atoms with E-state index in [1.54, 1.807) is 11.7 Å². The van der Waals surface area contributed by atoms with Crippen LogP contribution in [0.3, 0.4) is 0 Å². The Balaban J connectivity index is 1.65. The number of aryl methyl sites for hydroxylation is 1. The summed E-state index contributed by atoms with van der Waals surface area (Å²) in [4.78, 5) is 0. The molecule has 0 aliphatic heterocycles. The molecule has 0 atom stereocenters. The molecule has 1 N–H and O–H groups in total. The fraction of sp³-hybridized carbons (Fsp3) is 0.429. The van der Waals surface area contributed by atoms with Gasteiger partial charge in [-0.1, -0.05) is 16.6 Å². The van der Waals surface area contributed by atoms with Crippen molar-refractivity contribution in [3.05, 3.63) is 17.9 Å². The van der Waals surface area contributed by atoms with E-state index in [1.807, 2.05) is 10.9 Å². The van der Waals surface area contributed by atoms with Crippen molar-refractivity contribution in [3.63, 3.8) is 0 Å². The zero-order valence-corrected chi connectivity index (χ0v) is 8.31. The largest absolute Gasteiger partial charge is 0.360 e. The first-order valence-electron chi connectivity index (χ1n) is 4.29. The number of hydrogen-bond donors (Lipinski definition) is 1. The van der Waals surface area contributed by atoms with Crippen LogP contribution >= 0.6 is 11.3 Å². The summed E-state index contributed by atoms with van der Waals surface area (Å²) in [7, 11) is 0. The van der Waals surface area contributed by atoms with Crippen molar-refractivity contribution in [3.8, 4) is 0 Å². The third-order valence-electron chi connectivity index (χ3n) is 1.67. The Bertz CT molecular complexity index is 306. The van der Waals surface area contributed by atoms with Crippen LogP contribution in [0.1, 0.15) is 6.42 Å². The monoisotopic (exact) mass is 210 g/mol. The molecule has 2 aromatic heterocycles. The first-order valence-corrected chi connectivity index (χ1v) is 5.17. The molecule has 7 heteroatoms. The van der Waals surface area contributed by atoms with Gasteiger partial charge in [-0.05, 0) is 6.42 Å². The molecule has 0 amide bonds. The molecule has 74 valence electrons. The van der Waals surface area contributed by atoms with Gasteiger partial charge in [-0.15, -0.1) is 15.3 Å². The molecule has 2 rings (SSSR count). The molecule has 0 unspecified atom stereocenters. The van der Waals surface area contributed by atoms with Crippen LogP contribution in [-0.4, -0.2) is 31.7 Å². The predicted octanol–water partition coefficient (Wildman–Crippen LogP) is 0.632. The predicted molar refractivity (Wildman–Crippen MR) is 53.0 cm³/mol. The number of nitrogens with zero attached hydrogens (tertiary/aromatic N) is 5. The maximum Gasteiger partial charge on any atom is 0.205 e. The molecule has 0 aromatic carbocycles. The van der Waals surface area contributed by atoms with Gasteiger partial charge in [0.1, 0.15) is 5.51 Å². The summed E-state index contributed by atoms with van der Waals surface area (Å²) in [5.74, 6) is 0. The zero-order chi connectivity index (χ0) is 9.64. The van der Waals surface area contributed by atoms with Crippen LogP contribution in [0, 0.1) is 0 Å². The molecule has 0 radical (unpaired) electrons. The number of rotatable bonds is 5. The van der Waals surface area contributed by atoms with E-state index in [0.717, 1.165) is 24.6 Å². The van der Waals surface area contributed by atoms with Gasteiger partial charge in [0.25, 0.3) is 0 Å². The van der Waals surface area contributed by atoms with Crippen molar-refractivity contribution in [2.75, 3.05) is 11.9 Å². The molecule has 0 aliphatic carbocycles. The highest BCUT2D eigenvalue weighted by Gasteiger charge is 1.95. The molecule has 0 spiro atoms. The average Bonchev–Trinajstić information content (AvgIpc) is 2.86. The lowest BCUT2D eigenvalue weighted by Crippen LogP contribution is -2.07. The summed E-state index contributed by atoms with van der Waals surface area (Å²) in [5.41, 5.74) is 1.71. The lowest BCUT2D eigenvalue weighted by atomic mass is 10.4. The Hall–Kier alpha value is -1.50. The molecule has 2 heterocycles. The fourth-order valence-corrected chi connectivity index (χ4v) is 1.51. The minimum absolute atomic E-state index is 0.864. The quantitative estimate of drug-likeness (QED) is 0.733. The van der Waals surface area contributed by atoms with Gasteiger partial charge in [-0.25, -0.2) is 0 Å². The van der Waals surface area contributed by atoms with Crippen LogP contribution in [0.25, 0.3) is 0 Å². The smallest absolute Gasteiger partial charge is 0.205 e. The third-order valence-corrected chi connectivity index (χ3v) is 2.32. The summed E-state index contributed by atoms with van der Waals surface area (Å²) < 4.78 is 1.81. The van der Waals surface area contributed by atoms with E-state index in [9.17, 15) is 0 Å². The van der Waals surface area contributed by atoms with E-state index in [0.29, 0.717) is 0 Å². The van der Waals surface area contributed by atoms with Gasteiger partial charge in [-0.2, -0.15) is 0 Å². The maximum atomic E-state index is 3.87. The topological polar surface area (TPSA) is 68.5 Å². The molecule has 14 heavy (non-hydrogen) atoms. The molecule has 6 nitrogen and oxygen atoms in total. The summed E-state index contributed by atoms with van der Waals surface area (Å²) in [6.45, 7) is 1.74. The normalized spacial score (nSPS) is 10.3. The van der Waals surface area contributed by atoms with Crippen LogP contribution in [0.4, 0.5) is 5.13 Å². The van der Waals surface area contributed by atoms with Crippen molar-refractivity contribution < 1.29 is 0 Å². The van der Waals surface area contributed by atoms with Crippen molar-refractivity contribution in [2.24, 2.45) is 0 Å². The molecule has 0 saturated heterocycles. The van der Waals surface area contributed by atoms with Crippen molar-refractivity contribution in [2.45, 2.75) is 13.0 Å². The molecule has 0 fully saturated rings. The first kappa shape index (κ1) is 9.07. The van der Waals surface area contributed by atoms with E-state index >= 15 is 0 Å². The minimum Gasteiger partial charge on any atom is -0.360 e. The summed E-state index contributed by atoms with van der Waals surface area (Å²) in [6.07, 6.45) is 4.52. The number of anilines is 1. The highest BCUT2D eigenvalue weighted by Crippen LogP contribution is 2.07. The van der Waals surface area contributed by atoms with E-state index in [1.165, 1.54) is 11.3 Å². The van der Waals surface area contributed by atoms with Gasteiger partial charge in [0.2, 0.25) is 5.13 Å². The Morgan fingerprint density at radius 1 is 1.43 bits per heavy atom. The van der Waals surface area contributed by atoms with E-state index < -0.39 is 0 Å². The second-order valence-corrected chi connectivity index (χ2v) is 3.52. The van der Waals surface area contributed by atoms with Crippen LogP contribution in [0.5, 0.6) is 0 Å². The van der Waals surface area contributed by atoms with E-state index in [-0.39, 0.29) is 0 Å². The maximum absolute atomic E-state index is 3.87. The minimum atomic E-state index is 0.864. The molecular weight excluding hydrogens is 200 g/mol. The van der Waals surface area contributed by atoms with Crippen molar-refractivity contribution in [1.29, 1.82) is 0 Å². The SMILES string of the molecule is c1cn(CCCNc2nncs2)nn1. The second kappa shape index (κ2) is 4.66. The summed E-state index contributed by atoms with van der Waals surface area (Å²) in [6, 6.07) is 0. The lowest BCUT2D eigenvalue weighted by Gasteiger charge is -2.01. The highest BCUT2D eigenvalue weighted by molar-refractivity contribution is 7.13. The van der Waals surface area contributed by atoms with Crippen LogP contribution < -0.4 is 5.32 Å². The number of hydrogen-bond acceptors (Lipinski definition) is 6. The zero-order valence-electron chi connectivity index (χ0n) is 7.50.